The van der Waals surface area contributed by atoms with Crippen LogP contribution >= 0.6 is 0 Å². The molecule has 0 aliphatic carbocycles. The average molecular weight is 311 g/mol. The Bertz CT molecular complexity index is 683. The average Bonchev–Trinajstić information content (AvgIpc) is 3.22. The maximum atomic E-state index is 12.6. The fraction of sp³-hybridized carbons (Fsp3) is 0.444. The number of hydrogen-bond acceptors (Lipinski definition) is 4. The van der Waals surface area contributed by atoms with Crippen molar-refractivity contribution in [3.8, 4) is 0 Å². The summed E-state index contributed by atoms with van der Waals surface area (Å²) in [6, 6.07) is 5.89. The summed E-state index contributed by atoms with van der Waals surface area (Å²) in [7, 11) is 0. The van der Waals surface area contributed by atoms with Crippen LogP contribution < -0.4 is 0 Å². The van der Waals surface area contributed by atoms with Crippen LogP contribution in [0.4, 0.5) is 0 Å². The molecule has 120 valence electrons. The van der Waals surface area contributed by atoms with E-state index in [-0.39, 0.29) is 5.91 Å². The molecule has 5 heteroatoms. The van der Waals surface area contributed by atoms with E-state index in [1.54, 1.807) is 12.3 Å². The van der Waals surface area contributed by atoms with E-state index in [9.17, 15) is 4.79 Å². The van der Waals surface area contributed by atoms with Crippen molar-refractivity contribution >= 4 is 5.91 Å². The molecule has 0 aromatic carbocycles. The molecule has 2 aromatic rings. The minimum atomic E-state index is 0.115. The number of furan rings is 1. The van der Waals surface area contributed by atoms with Crippen LogP contribution in [0.1, 0.15) is 21.7 Å². The van der Waals surface area contributed by atoms with Crippen LogP contribution in [-0.2, 0) is 6.54 Å². The lowest BCUT2D eigenvalue weighted by molar-refractivity contribution is 0.0771. The fourth-order valence-corrected chi connectivity index (χ4v) is 3.91. The lowest BCUT2D eigenvalue weighted by Gasteiger charge is -2.21. The highest BCUT2D eigenvalue weighted by Crippen LogP contribution is 2.32. The predicted molar refractivity (Wildman–Crippen MR) is 85.8 cm³/mol. The van der Waals surface area contributed by atoms with Gasteiger partial charge in [0.05, 0.1) is 11.8 Å². The molecular formula is C18H21N3O2. The molecule has 2 saturated heterocycles. The standard InChI is InChI=1S/C18H21N3O2/c1-13-17(4-6-23-13)18(22)21-11-15-9-20(10-16(15)12-21)8-14-3-2-5-19-7-14/h2-7,15-16H,8-12H2,1H3. The van der Waals surface area contributed by atoms with Crippen LogP contribution in [0.25, 0.3) is 0 Å². The number of fused-ring (bicyclic) bond motifs is 1. The molecule has 2 fully saturated rings. The van der Waals surface area contributed by atoms with Crippen molar-refractivity contribution in [3.05, 3.63) is 53.7 Å². The molecule has 23 heavy (non-hydrogen) atoms. The van der Waals surface area contributed by atoms with Crippen LogP contribution in [0.15, 0.2) is 41.3 Å². The molecule has 0 saturated carbocycles. The van der Waals surface area contributed by atoms with Crippen LogP contribution in [0, 0.1) is 18.8 Å². The highest BCUT2D eigenvalue weighted by atomic mass is 16.3. The molecule has 4 heterocycles. The Balaban J connectivity index is 1.37. The molecule has 0 spiro atoms. The zero-order chi connectivity index (χ0) is 15.8. The van der Waals surface area contributed by atoms with Gasteiger partial charge in [0.15, 0.2) is 0 Å². The highest BCUT2D eigenvalue weighted by molar-refractivity contribution is 5.95. The van der Waals surface area contributed by atoms with Gasteiger partial charge in [0.2, 0.25) is 0 Å². The molecule has 4 rings (SSSR count). The minimum absolute atomic E-state index is 0.115. The number of aromatic nitrogens is 1. The number of aryl methyl sites for hydroxylation is 1. The van der Waals surface area contributed by atoms with Crippen molar-refractivity contribution < 1.29 is 9.21 Å². The number of rotatable bonds is 3. The monoisotopic (exact) mass is 311 g/mol. The van der Waals surface area contributed by atoms with Gasteiger partial charge in [0, 0.05) is 45.1 Å². The lowest BCUT2D eigenvalue weighted by atomic mass is 10.0. The number of nitrogens with zero attached hydrogens (tertiary/aromatic N) is 3. The maximum absolute atomic E-state index is 12.6. The Morgan fingerprint density at radius 1 is 1.26 bits per heavy atom. The van der Waals surface area contributed by atoms with Gasteiger partial charge in [-0.2, -0.15) is 0 Å². The number of carbonyl (C=O) groups excluding carboxylic acids is 1. The largest absolute Gasteiger partial charge is 0.469 e. The molecule has 5 nitrogen and oxygen atoms in total. The first-order valence-electron chi connectivity index (χ1n) is 8.15. The van der Waals surface area contributed by atoms with Crippen LogP contribution in [0.5, 0.6) is 0 Å². The van der Waals surface area contributed by atoms with Gasteiger partial charge in [-0.1, -0.05) is 6.07 Å². The topological polar surface area (TPSA) is 49.6 Å². The third-order valence-corrected chi connectivity index (χ3v) is 5.07. The summed E-state index contributed by atoms with van der Waals surface area (Å²) >= 11 is 0. The van der Waals surface area contributed by atoms with Crippen molar-refractivity contribution in [1.82, 2.24) is 14.8 Å². The van der Waals surface area contributed by atoms with Crippen molar-refractivity contribution in [1.29, 1.82) is 0 Å². The van der Waals surface area contributed by atoms with E-state index in [4.69, 9.17) is 4.42 Å². The zero-order valence-electron chi connectivity index (χ0n) is 13.3. The van der Waals surface area contributed by atoms with E-state index in [2.05, 4.69) is 16.0 Å². The number of hydrogen-bond donors (Lipinski definition) is 0. The molecule has 0 bridgehead atoms. The quantitative estimate of drug-likeness (QED) is 0.872. The zero-order valence-corrected chi connectivity index (χ0v) is 13.3. The first kappa shape index (κ1) is 14.5. The Labute approximate surface area is 135 Å². The first-order chi connectivity index (χ1) is 11.2. The van der Waals surface area contributed by atoms with Crippen molar-refractivity contribution in [2.45, 2.75) is 13.5 Å². The fourth-order valence-electron chi connectivity index (χ4n) is 3.91. The van der Waals surface area contributed by atoms with Crippen molar-refractivity contribution in [3.63, 3.8) is 0 Å². The Morgan fingerprint density at radius 3 is 2.65 bits per heavy atom. The van der Waals surface area contributed by atoms with Gasteiger partial charge in [0.25, 0.3) is 5.91 Å². The predicted octanol–water partition coefficient (Wildman–Crippen LogP) is 2.19. The summed E-state index contributed by atoms with van der Waals surface area (Å²) in [6.45, 7) is 6.64. The molecule has 2 aliphatic heterocycles. The molecule has 1 amide bonds. The second kappa shape index (κ2) is 5.81. The highest BCUT2D eigenvalue weighted by Gasteiger charge is 2.41. The molecule has 0 radical (unpaired) electrons. The summed E-state index contributed by atoms with van der Waals surface area (Å²) in [5.41, 5.74) is 1.96. The minimum Gasteiger partial charge on any atom is -0.469 e. The van der Waals surface area contributed by atoms with Gasteiger partial charge in [-0.25, -0.2) is 0 Å². The van der Waals surface area contributed by atoms with Crippen LogP contribution in [-0.4, -0.2) is 46.9 Å². The second-order valence-corrected chi connectivity index (χ2v) is 6.68. The maximum Gasteiger partial charge on any atom is 0.257 e. The van der Waals surface area contributed by atoms with Gasteiger partial charge >= 0.3 is 0 Å². The smallest absolute Gasteiger partial charge is 0.257 e. The number of likely N-dealkylation sites (tertiary alicyclic amines) is 2. The molecular weight excluding hydrogens is 290 g/mol. The summed E-state index contributed by atoms with van der Waals surface area (Å²) in [5.74, 6) is 2.00. The van der Waals surface area contributed by atoms with E-state index in [1.807, 2.05) is 30.3 Å². The van der Waals surface area contributed by atoms with E-state index in [0.29, 0.717) is 23.2 Å². The number of carbonyl (C=O) groups is 1. The second-order valence-electron chi connectivity index (χ2n) is 6.68. The van der Waals surface area contributed by atoms with Gasteiger partial charge in [-0.05, 0) is 36.5 Å². The third kappa shape index (κ3) is 2.77. The summed E-state index contributed by atoms with van der Waals surface area (Å²) in [6.07, 6.45) is 5.34. The summed E-state index contributed by atoms with van der Waals surface area (Å²) < 4.78 is 5.26. The molecule has 0 N–H and O–H groups in total. The Morgan fingerprint density at radius 2 is 2.04 bits per heavy atom. The van der Waals surface area contributed by atoms with Crippen LogP contribution in [0.3, 0.4) is 0 Å². The van der Waals surface area contributed by atoms with Gasteiger partial charge in [-0.15, -0.1) is 0 Å². The molecule has 2 unspecified atom stereocenters. The van der Waals surface area contributed by atoms with Gasteiger partial charge < -0.3 is 9.32 Å². The molecule has 2 aliphatic rings. The van der Waals surface area contributed by atoms with Crippen molar-refractivity contribution in [2.75, 3.05) is 26.2 Å². The SMILES string of the molecule is Cc1occc1C(=O)N1CC2CN(Cc3cccnc3)CC2C1. The molecule has 2 aromatic heterocycles. The normalized spacial score (nSPS) is 24.1. The van der Waals surface area contributed by atoms with Crippen LogP contribution in [0.2, 0.25) is 0 Å². The van der Waals surface area contributed by atoms with E-state index in [1.165, 1.54) is 5.56 Å². The number of amides is 1. The lowest BCUT2D eigenvalue weighted by Crippen LogP contribution is -2.33. The van der Waals surface area contributed by atoms with Gasteiger partial charge in [0.1, 0.15) is 5.76 Å². The first-order valence-corrected chi connectivity index (χ1v) is 8.15. The summed E-state index contributed by atoms with van der Waals surface area (Å²) in [5, 5.41) is 0. The van der Waals surface area contributed by atoms with E-state index < -0.39 is 0 Å². The third-order valence-electron chi connectivity index (χ3n) is 5.07. The van der Waals surface area contributed by atoms with E-state index in [0.717, 1.165) is 32.7 Å². The number of pyridine rings is 1. The Kier molecular flexibility index (Phi) is 3.65. The molecule has 2 atom stereocenters. The van der Waals surface area contributed by atoms with Crippen molar-refractivity contribution in [2.24, 2.45) is 11.8 Å². The van der Waals surface area contributed by atoms with Gasteiger partial charge in [-0.3, -0.25) is 14.7 Å². The summed E-state index contributed by atoms with van der Waals surface area (Å²) in [4.78, 5) is 21.2. The van der Waals surface area contributed by atoms with E-state index >= 15 is 0 Å². The Hall–Kier alpha value is -2.14.